The largest absolute Gasteiger partial charge is 0.474 e. The van der Waals surface area contributed by atoms with Crippen molar-refractivity contribution < 1.29 is 9.47 Å². The van der Waals surface area contributed by atoms with Crippen molar-refractivity contribution in [2.45, 2.75) is 0 Å². The molecule has 0 spiro atoms. The van der Waals surface area contributed by atoms with Crippen LogP contribution < -0.4 is 10.5 Å². The quantitative estimate of drug-likeness (QED) is 0.716. The SMILES string of the molecule is COCCOc1nc(N)nc2ccc(-c3ccncc3)nc12. The highest BCUT2D eigenvalue weighted by Crippen LogP contribution is 2.25. The summed E-state index contributed by atoms with van der Waals surface area (Å²) < 4.78 is 10.6. The highest BCUT2D eigenvalue weighted by Gasteiger charge is 2.11. The highest BCUT2D eigenvalue weighted by molar-refractivity contribution is 5.83. The monoisotopic (exact) mass is 297 g/mol. The number of nitrogens with zero attached hydrogens (tertiary/aromatic N) is 4. The molecule has 0 saturated heterocycles. The van der Waals surface area contributed by atoms with Crippen LogP contribution >= 0.6 is 0 Å². The van der Waals surface area contributed by atoms with E-state index in [1.165, 1.54) is 0 Å². The van der Waals surface area contributed by atoms with E-state index in [2.05, 4.69) is 19.9 Å². The molecule has 7 nitrogen and oxygen atoms in total. The summed E-state index contributed by atoms with van der Waals surface area (Å²) in [6, 6.07) is 7.50. The molecule has 3 aromatic heterocycles. The smallest absolute Gasteiger partial charge is 0.245 e. The minimum Gasteiger partial charge on any atom is -0.474 e. The third-order valence-electron chi connectivity index (χ3n) is 3.03. The zero-order chi connectivity index (χ0) is 15.4. The number of methoxy groups -OCH3 is 1. The van der Waals surface area contributed by atoms with Gasteiger partial charge in [0.2, 0.25) is 11.8 Å². The predicted octanol–water partition coefficient (Wildman–Crippen LogP) is 1.69. The summed E-state index contributed by atoms with van der Waals surface area (Å²) in [5, 5.41) is 0. The van der Waals surface area contributed by atoms with E-state index in [0.29, 0.717) is 30.1 Å². The third-order valence-corrected chi connectivity index (χ3v) is 3.03. The molecule has 0 aliphatic rings. The number of rotatable bonds is 5. The molecule has 7 heteroatoms. The van der Waals surface area contributed by atoms with Gasteiger partial charge in [0.25, 0.3) is 0 Å². The fourth-order valence-corrected chi connectivity index (χ4v) is 2.01. The Hall–Kier alpha value is -2.80. The van der Waals surface area contributed by atoms with E-state index >= 15 is 0 Å². The van der Waals surface area contributed by atoms with E-state index in [4.69, 9.17) is 15.2 Å². The Morgan fingerprint density at radius 3 is 2.59 bits per heavy atom. The van der Waals surface area contributed by atoms with Gasteiger partial charge in [0.15, 0.2) is 5.52 Å². The first kappa shape index (κ1) is 14.2. The number of hydrogen-bond donors (Lipinski definition) is 1. The van der Waals surface area contributed by atoms with Crippen molar-refractivity contribution in [2.75, 3.05) is 26.1 Å². The van der Waals surface area contributed by atoms with Gasteiger partial charge in [0.05, 0.1) is 17.8 Å². The van der Waals surface area contributed by atoms with Crippen molar-refractivity contribution in [3.63, 3.8) is 0 Å². The summed E-state index contributed by atoms with van der Waals surface area (Å²) in [5.74, 6) is 0.508. The van der Waals surface area contributed by atoms with Crippen LogP contribution in [0.15, 0.2) is 36.7 Å². The van der Waals surface area contributed by atoms with Crippen LogP contribution in [-0.2, 0) is 4.74 Å². The first-order chi connectivity index (χ1) is 10.8. The lowest BCUT2D eigenvalue weighted by molar-refractivity contribution is 0.144. The van der Waals surface area contributed by atoms with Crippen LogP contribution in [-0.4, -0.2) is 40.3 Å². The summed E-state index contributed by atoms with van der Waals surface area (Å²) in [7, 11) is 1.61. The molecular formula is C15H15N5O2. The molecule has 0 fully saturated rings. The lowest BCUT2D eigenvalue weighted by Crippen LogP contribution is -2.08. The topological polar surface area (TPSA) is 96.0 Å². The van der Waals surface area contributed by atoms with Crippen molar-refractivity contribution in [1.82, 2.24) is 19.9 Å². The molecule has 3 rings (SSSR count). The van der Waals surface area contributed by atoms with Gasteiger partial charge in [-0.15, -0.1) is 0 Å². The number of nitrogen functional groups attached to an aromatic ring is 1. The Bertz CT molecular complexity index is 779. The van der Waals surface area contributed by atoms with Gasteiger partial charge >= 0.3 is 0 Å². The van der Waals surface area contributed by atoms with Gasteiger partial charge in [-0.3, -0.25) is 4.98 Å². The average Bonchev–Trinajstić information content (AvgIpc) is 2.55. The number of pyridine rings is 2. The molecule has 112 valence electrons. The van der Waals surface area contributed by atoms with E-state index in [0.717, 1.165) is 11.3 Å². The first-order valence-electron chi connectivity index (χ1n) is 6.74. The normalized spacial score (nSPS) is 10.8. The number of nitrogens with two attached hydrogens (primary N) is 1. The second-order valence-electron chi connectivity index (χ2n) is 4.53. The van der Waals surface area contributed by atoms with Crippen molar-refractivity contribution in [3.8, 4) is 17.1 Å². The van der Waals surface area contributed by atoms with E-state index in [1.54, 1.807) is 19.5 Å². The zero-order valence-electron chi connectivity index (χ0n) is 12.1. The molecule has 2 N–H and O–H groups in total. The Kier molecular flexibility index (Phi) is 4.06. The Labute approximate surface area is 127 Å². The Morgan fingerprint density at radius 1 is 1.00 bits per heavy atom. The molecule has 0 bridgehead atoms. The number of ether oxygens (including phenoxy) is 2. The molecule has 0 saturated carbocycles. The fourth-order valence-electron chi connectivity index (χ4n) is 2.01. The van der Waals surface area contributed by atoms with E-state index in [9.17, 15) is 0 Å². The van der Waals surface area contributed by atoms with Gasteiger partial charge in [0.1, 0.15) is 6.61 Å². The van der Waals surface area contributed by atoms with Gasteiger partial charge in [-0.2, -0.15) is 4.98 Å². The summed E-state index contributed by atoms with van der Waals surface area (Å²) in [5.41, 5.74) is 8.66. The Morgan fingerprint density at radius 2 is 1.82 bits per heavy atom. The zero-order valence-corrected chi connectivity index (χ0v) is 12.1. The molecule has 0 aromatic carbocycles. The van der Waals surface area contributed by atoms with Crippen LogP contribution in [0.4, 0.5) is 5.95 Å². The van der Waals surface area contributed by atoms with E-state index < -0.39 is 0 Å². The Balaban J connectivity index is 2.05. The molecule has 0 aliphatic heterocycles. The standard InChI is InChI=1S/C15H15N5O2/c1-21-8-9-22-14-13-12(19-15(16)20-14)3-2-11(18-13)10-4-6-17-7-5-10/h2-7H,8-9H2,1H3,(H2,16,19,20). The van der Waals surface area contributed by atoms with Crippen LogP contribution in [0.25, 0.3) is 22.3 Å². The second kappa shape index (κ2) is 6.31. The number of anilines is 1. The van der Waals surface area contributed by atoms with Crippen molar-refractivity contribution >= 4 is 17.0 Å². The maximum Gasteiger partial charge on any atom is 0.245 e. The lowest BCUT2D eigenvalue weighted by atomic mass is 10.1. The van der Waals surface area contributed by atoms with Gasteiger partial charge in [-0.1, -0.05) is 0 Å². The van der Waals surface area contributed by atoms with E-state index in [1.807, 2.05) is 24.3 Å². The summed E-state index contributed by atoms with van der Waals surface area (Å²) in [4.78, 5) is 16.9. The van der Waals surface area contributed by atoms with Crippen molar-refractivity contribution in [2.24, 2.45) is 0 Å². The van der Waals surface area contributed by atoms with Crippen LogP contribution in [0.2, 0.25) is 0 Å². The first-order valence-corrected chi connectivity index (χ1v) is 6.74. The van der Waals surface area contributed by atoms with Crippen molar-refractivity contribution in [3.05, 3.63) is 36.7 Å². The predicted molar refractivity (Wildman–Crippen MR) is 82.3 cm³/mol. The third kappa shape index (κ3) is 2.94. The average molecular weight is 297 g/mol. The maximum absolute atomic E-state index is 5.71. The number of fused-ring (bicyclic) bond motifs is 1. The molecule has 3 aromatic rings. The maximum atomic E-state index is 5.71. The molecule has 0 atom stereocenters. The molecule has 22 heavy (non-hydrogen) atoms. The minimum atomic E-state index is 0.151. The summed E-state index contributed by atoms with van der Waals surface area (Å²) in [6.45, 7) is 0.818. The van der Waals surface area contributed by atoms with Gasteiger partial charge < -0.3 is 15.2 Å². The highest BCUT2D eigenvalue weighted by atomic mass is 16.5. The van der Waals surface area contributed by atoms with Crippen LogP contribution in [0.1, 0.15) is 0 Å². The number of aromatic nitrogens is 4. The molecule has 0 radical (unpaired) electrons. The summed E-state index contributed by atoms with van der Waals surface area (Å²) >= 11 is 0. The van der Waals surface area contributed by atoms with Crippen molar-refractivity contribution in [1.29, 1.82) is 0 Å². The molecule has 0 aliphatic carbocycles. The summed E-state index contributed by atoms with van der Waals surface area (Å²) in [6.07, 6.45) is 3.44. The van der Waals surface area contributed by atoms with Crippen LogP contribution in [0, 0.1) is 0 Å². The number of hydrogen-bond acceptors (Lipinski definition) is 7. The van der Waals surface area contributed by atoms with Crippen LogP contribution in [0.5, 0.6) is 5.88 Å². The van der Waals surface area contributed by atoms with Gasteiger partial charge in [-0.25, -0.2) is 9.97 Å². The lowest BCUT2D eigenvalue weighted by Gasteiger charge is -2.09. The van der Waals surface area contributed by atoms with Crippen LogP contribution in [0.3, 0.4) is 0 Å². The molecule has 0 amide bonds. The fraction of sp³-hybridized carbons (Fsp3) is 0.200. The molecule has 0 unspecified atom stereocenters. The minimum absolute atomic E-state index is 0.151. The molecular weight excluding hydrogens is 282 g/mol. The van der Waals surface area contributed by atoms with Gasteiger partial charge in [-0.05, 0) is 24.3 Å². The van der Waals surface area contributed by atoms with E-state index in [-0.39, 0.29) is 5.95 Å². The van der Waals surface area contributed by atoms with Gasteiger partial charge in [0, 0.05) is 25.1 Å². The second-order valence-corrected chi connectivity index (χ2v) is 4.53. The molecule has 3 heterocycles.